The van der Waals surface area contributed by atoms with Crippen molar-refractivity contribution in [3.05, 3.63) is 83.1 Å². The van der Waals surface area contributed by atoms with Crippen molar-refractivity contribution in [2.24, 2.45) is 0 Å². The molecule has 2 heterocycles. The highest BCUT2D eigenvalue weighted by atomic mass is 16.5. The quantitative estimate of drug-likeness (QED) is 0.413. The molecule has 0 fully saturated rings. The first-order chi connectivity index (χ1) is 16.0. The third-order valence-corrected chi connectivity index (χ3v) is 5.25. The number of anilines is 1. The van der Waals surface area contributed by atoms with Gasteiger partial charge >= 0.3 is 5.97 Å². The Hall–Kier alpha value is -4.14. The van der Waals surface area contributed by atoms with Crippen LogP contribution in [-0.2, 0) is 16.1 Å². The molecule has 9 heteroatoms. The van der Waals surface area contributed by atoms with Crippen molar-refractivity contribution in [3.63, 3.8) is 0 Å². The molecule has 9 nitrogen and oxygen atoms in total. The van der Waals surface area contributed by atoms with E-state index in [1.165, 1.54) is 11.6 Å². The van der Waals surface area contributed by atoms with Crippen LogP contribution in [0.25, 0.3) is 0 Å². The number of fused-ring (bicyclic) bond motifs is 1. The Bertz CT molecular complexity index is 1220. The van der Waals surface area contributed by atoms with Crippen molar-refractivity contribution in [3.8, 4) is 11.5 Å². The van der Waals surface area contributed by atoms with E-state index in [0.29, 0.717) is 35.3 Å². The number of ether oxygens (including phenoxy) is 3. The van der Waals surface area contributed by atoms with Gasteiger partial charge in [-0.1, -0.05) is 53.6 Å². The number of nitrogens with zero attached hydrogens (tertiary/aromatic N) is 4. The molecule has 33 heavy (non-hydrogen) atoms. The number of benzene rings is 2. The number of carbonyl (C=O) groups is 1. The number of rotatable bonds is 8. The fraction of sp³-hybridized carbons (Fsp3) is 0.250. The summed E-state index contributed by atoms with van der Waals surface area (Å²) >= 11 is 0. The summed E-state index contributed by atoms with van der Waals surface area (Å²) in [6.45, 7) is 7.93. The smallest absolute Gasteiger partial charge is 0.338 e. The largest absolute Gasteiger partial charge is 0.493 e. The highest BCUT2D eigenvalue weighted by molar-refractivity contribution is 5.92. The van der Waals surface area contributed by atoms with Gasteiger partial charge in [-0.3, -0.25) is 0 Å². The van der Waals surface area contributed by atoms with E-state index in [4.69, 9.17) is 14.2 Å². The Balaban J connectivity index is 1.67. The zero-order valence-electron chi connectivity index (χ0n) is 18.7. The standard InChI is InChI=1S/C24H25N5O4/c1-5-11-32-23(30)21-16(3)25-24-26-27-28-29(24)22(21)18-9-10-19(20(13-18)31-4)33-14-17-8-6-7-15(2)12-17/h5-10,12-13,22H,1,11,14H2,2-4H3,(H,25,26,28). The molecule has 1 aliphatic heterocycles. The van der Waals surface area contributed by atoms with E-state index < -0.39 is 12.0 Å². The van der Waals surface area contributed by atoms with Crippen LogP contribution in [0.1, 0.15) is 29.7 Å². The van der Waals surface area contributed by atoms with Crippen molar-refractivity contribution in [2.45, 2.75) is 26.5 Å². The Labute approximate surface area is 191 Å². The lowest BCUT2D eigenvalue weighted by molar-refractivity contribution is -0.138. The summed E-state index contributed by atoms with van der Waals surface area (Å²) in [6.07, 6.45) is 1.52. The van der Waals surface area contributed by atoms with Crippen LogP contribution >= 0.6 is 0 Å². The zero-order chi connectivity index (χ0) is 23.4. The second-order valence-electron chi connectivity index (χ2n) is 7.59. The molecule has 170 valence electrons. The summed E-state index contributed by atoms with van der Waals surface area (Å²) in [5, 5.41) is 14.9. The van der Waals surface area contributed by atoms with Crippen LogP contribution in [0.4, 0.5) is 5.95 Å². The van der Waals surface area contributed by atoms with Gasteiger partial charge in [0.25, 0.3) is 0 Å². The number of aromatic nitrogens is 4. The lowest BCUT2D eigenvalue weighted by atomic mass is 9.95. The summed E-state index contributed by atoms with van der Waals surface area (Å²) < 4.78 is 18.5. The van der Waals surface area contributed by atoms with E-state index in [0.717, 1.165) is 11.1 Å². The minimum atomic E-state index is -0.603. The Morgan fingerprint density at radius 2 is 2.06 bits per heavy atom. The maximum absolute atomic E-state index is 12.9. The topological polar surface area (TPSA) is 100 Å². The summed E-state index contributed by atoms with van der Waals surface area (Å²) in [4.78, 5) is 12.9. The van der Waals surface area contributed by atoms with E-state index in [-0.39, 0.29) is 6.61 Å². The number of methoxy groups -OCH3 is 1. The van der Waals surface area contributed by atoms with Crippen LogP contribution < -0.4 is 14.8 Å². The molecule has 0 amide bonds. The predicted molar refractivity (Wildman–Crippen MR) is 122 cm³/mol. The monoisotopic (exact) mass is 447 g/mol. The highest BCUT2D eigenvalue weighted by Gasteiger charge is 2.35. The maximum atomic E-state index is 12.9. The fourth-order valence-corrected chi connectivity index (χ4v) is 3.73. The molecule has 0 saturated heterocycles. The van der Waals surface area contributed by atoms with Gasteiger partial charge in [0.1, 0.15) is 19.3 Å². The lowest BCUT2D eigenvalue weighted by Gasteiger charge is -2.27. The van der Waals surface area contributed by atoms with Crippen molar-refractivity contribution < 1.29 is 19.0 Å². The van der Waals surface area contributed by atoms with Gasteiger partial charge in [0.05, 0.1) is 12.7 Å². The average Bonchev–Trinajstić information content (AvgIpc) is 3.28. The van der Waals surface area contributed by atoms with Gasteiger partial charge in [0.2, 0.25) is 5.95 Å². The number of hydrogen-bond donors (Lipinski definition) is 1. The number of hydrogen-bond acceptors (Lipinski definition) is 8. The molecule has 1 aliphatic rings. The van der Waals surface area contributed by atoms with Gasteiger partial charge in [-0.25, -0.2) is 4.79 Å². The van der Waals surface area contributed by atoms with E-state index in [2.05, 4.69) is 33.5 Å². The molecule has 2 aromatic carbocycles. The molecule has 0 aliphatic carbocycles. The van der Waals surface area contributed by atoms with E-state index in [1.807, 2.05) is 43.3 Å². The Morgan fingerprint density at radius 3 is 2.82 bits per heavy atom. The van der Waals surface area contributed by atoms with Gasteiger partial charge in [-0.2, -0.15) is 4.68 Å². The van der Waals surface area contributed by atoms with Crippen LogP contribution in [0.3, 0.4) is 0 Å². The van der Waals surface area contributed by atoms with Gasteiger partial charge in [-0.05, 0) is 47.5 Å². The minimum absolute atomic E-state index is 0.0971. The number of carbonyl (C=O) groups excluding carboxylic acids is 1. The molecule has 1 unspecified atom stereocenters. The van der Waals surface area contributed by atoms with Gasteiger partial charge in [0.15, 0.2) is 11.5 Å². The zero-order valence-corrected chi connectivity index (χ0v) is 18.7. The Morgan fingerprint density at radius 1 is 1.21 bits per heavy atom. The molecule has 1 atom stereocenters. The van der Waals surface area contributed by atoms with Crippen LogP contribution in [-0.4, -0.2) is 39.9 Å². The van der Waals surface area contributed by atoms with Crippen LogP contribution in [0.5, 0.6) is 11.5 Å². The van der Waals surface area contributed by atoms with Crippen molar-refractivity contribution in [1.82, 2.24) is 20.2 Å². The summed E-state index contributed by atoms with van der Waals surface area (Å²) in [6, 6.07) is 13.0. The molecule has 0 spiro atoms. The molecule has 3 aromatic rings. The van der Waals surface area contributed by atoms with Gasteiger partial charge in [0, 0.05) is 5.70 Å². The molecule has 0 bridgehead atoms. The number of aryl methyl sites for hydroxylation is 1. The predicted octanol–water partition coefficient (Wildman–Crippen LogP) is 3.59. The fourth-order valence-electron chi connectivity index (χ4n) is 3.73. The first-order valence-electron chi connectivity index (χ1n) is 10.4. The lowest BCUT2D eigenvalue weighted by Crippen LogP contribution is -2.29. The van der Waals surface area contributed by atoms with Crippen molar-refractivity contribution >= 4 is 11.9 Å². The van der Waals surface area contributed by atoms with E-state index >= 15 is 0 Å². The van der Waals surface area contributed by atoms with Gasteiger partial charge < -0.3 is 19.5 Å². The first-order valence-corrected chi connectivity index (χ1v) is 10.4. The van der Waals surface area contributed by atoms with Crippen LogP contribution in [0.2, 0.25) is 0 Å². The average molecular weight is 447 g/mol. The first kappa shape index (κ1) is 22.1. The third kappa shape index (κ3) is 4.57. The second-order valence-corrected chi connectivity index (χ2v) is 7.59. The summed E-state index contributed by atoms with van der Waals surface area (Å²) in [5.41, 5.74) is 3.97. The van der Waals surface area contributed by atoms with Gasteiger partial charge in [-0.15, -0.1) is 0 Å². The van der Waals surface area contributed by atoms with Crippen molar-refractivity contribution in [2.75, 3.05) is 19.0 Å². The molecule has 4 rings (SSSR count). The third-order valence-electron chi connectivity index (χ3n) is 5.25. The summed E-state index contributed by atoms with van der Waals surface area (Å²) in [7, 11) is 1.57. The normalized spacial score (nSPS) is 14.8. The highest BCUT2D eigenvalue weighted by Crippen LogP contribution is 2.38. The van der Waals surface area contributed by atoms with E-state index in [1.54, 1.807) is 18.7 Å². The number of nitrogens with one attached hydrogen (secondary N) is 1. The minimum Gasteiger partial charge on any atom is -0.493 e. The number of allylic oxidation sites excluding steroid dienone is 1. The molecule has 0 saturated carbocycles. The number of esters is 1. The molecule has 1 N–H and O–H groups in total. The summed E-state index contributed by atoms with van der Waals surface area (Å²) in [5.74, 6) is 1.07. The molecule has 0 radical (unpaired) electrons. The Kier molecular flexibility index (Phi) is 6.39. The number of tetrazole rings is 1. The van der Waals surface area contributed by atoms with E-state index in [9.17, 15) is 4.79 Å². The second kappa shape index (κ2) is 9.56. The SMILES string of the molecule is C=CCOC(=O)C1=C(C)Nc2nnnn2C1c1ccc(OCc2cccc(C)c2)c(OC)c1. The van der Waals surface area contributed by atoms with Crippen LogP contribution in [0.15, 0.2) is 66.4 Å². The maximum Gasteiger partial charge on any atom is 0.338 e. The van der Waals surface area contributed by atoms with Crippen LogP contribution in [0, 0.1) is 6.92 Å². The van der Waals surface area contributed by atoms with Crippen molar-refractivity contribution in [1.29, 1.82) is 0 Å². The molecular weight excluding hydrogens is 422 g/mol. The molecule has 1 aromatic heterocycles. The molecular formula is C24H25N5O4.